The number of methoxy groups -OCH3 is 1. The third kappa shape index (κ3) is 3.30. The van der Waals surface area contributed by atoms with Gasteiger partial charge in [0.1, 0.15) is 23.3 Å². The van der Waals surface area contributed by atoms with Gasteiger partial charge >= 0.3 is 0 Å². The molecule has 1 aliphatic heterocycles. The van der Waals surface area contributed by atoms with Crippen molar-refractivity contribution in [3.8, 4) is 5.75 Å². The number of aliphatic hydroxyl groups excluding tert-OH is 1. The van der Waals surface area contributed by atoms with E-state index in [1.165, 1.54) is 11.2 Å². The van der Waals surface area contributed by atoms with Gasteiger partial charge in [0.15, 0.2) is 0 Å². The van der Waals surface area contributed by atoms with Crippen LogP contribution in [0.3, 0.4) is 0 Å². The van der Waals surface area contributed by atoms with Crippen molar-refractivity contribution in [2.24, 2.45) is 0 Å². The highest BCUT2D eigenvalue weighted by Crippen LogP contribution is 2.44. The van der Waals surface area contributed by atoms with Crippen molar-refractivity contribution in [1.82, 2.24) is 0 Å². The molecule has 6 heteroatoms. The zero-order valence-electron chi connectivity index (χ0n) is 17.8. The summed E-state index contributed by atoms with van der Waals surface area (Å²) in [6, 6.07) is 13.2. The van der Waals surface area contributed by atoms with E-state index in [0.717, 1.165) is 11.1 Å². The van der Waals surface area contributed by atoms with Crippen LogP contribution in [0.15, 0.2) is 64.8 Å². The van der Waals surface area contributed by atoms with Gasteiger partial charge in [0, 0.05) is 11.3 Å². The van der Waals surface area contributed by atoms with Crippen LogP contribution in [0.1, 0.15) is 34.1 Å². The number of hydrogen-bond acceptors (Lipinski definition) is 5. The number of aliphatic hydroxyl groups is 1. The first-order valence-electron chi connectivity index (χ1n) is 9.90. The fourth-order valence-corrected chi connectivity index (χ4v) is 3.97. The number of aryl methyl sites for hydroxylation is 2. The van der Waals surface area contributed by atoms with Gasteiger partial charge in [0.25, 0.3) is 11.7 Å². The minimum absolute atomic E-state index is 0.00544. The fraction of sp³-hybridized carbons (Fsp3) is 0.200. The lowest BCUT2D eigenvalue weighted by molar-refractivity contribution is -0.132. The molecule has 0 bridgehead atoms. The van der Waals surface area contributed by atoms with E-state index in [2.05, 4.69) is 0 Å². The SMILES string of the molecule is COc1ccc(/C(O)=C2/C(=O)C(=O)N(c3cccc(C)c3C)C2c2ccco2)c(C)c1. The molecule has 1 atom stereocenters. The van der Waals surface area contributed by atoms with E-state index in [4.69, 9.17) is 9.15 Å². The molecule has 1 amide bonds. The summed E-state index contributed by atoms with van der Waals surface area (Å²) in [6.07, 6.45) is 1.48. The molecular formula is C25H23NO5. The number of Topliss-reactive ketones (excluding diaryl/α,β-unsaturated/α-hetero) is 1. The Kier molecular flexibility index (Phi) is 5.15. The summed E-state index contributed by atoms with van der Waals surface area (Å²) >= 11 is 0. The molecule has 0 aliphatic carbocycles. The van der Waals surface area contributed by atoms with Crippen molar-refractivity contribution >= 4 is 23.1 Å². The number of rotatable bonds is 4. The molecule has 3 aromatic rings. The van der Waals surface area contributed by atoms with Gasteiger partial charge < -0.3 is 14.3 Å². The fourth-order valence-electron chi connectivity index (χ4n) is 3.97. The normalized spacial score (nSPS) is 17.9. The Morgan fingerprint density at radius 2 is 1.81 bits per heavy atom. The highest BCUT2D eigenvalue weighted by molar-refractivity contribution is 6.51. The maximum absolute atomic E-state index is 13.2. The van der Waals surface area contributed by atoms with Crippen molar-refractivity contribution in [1.29, 1.82) is 0 Å². The van der Waals surface area contributed by atoms with Gasteiger partial charge in [-0.3, -0.25) is 14.5 Å². The Labute approximate surface area is 180 Å². The summed E-state index contributed by atoms with van der Waals surface area (Å²) in [4.78, 5) is 27.8. The van der Waals surface area contributed by atoms with Gasteiger partial charge in [-0.25, -0.2) is 0 Å². The number of amides is 1. The molecule has 0 spiro atoms. The van der Waals surface area contributed by atoms with Crippen LogP contribution in [0.4, 0.5) is 5.69 Å². The number of ketones is 1. The molecule has 0 radical (unpaired) electrons. The van der Waals surface area contributed by atoms with Crippen LogP contribution in [0.25, 0.3) is 5.76 Å². The van der Waals surface area contributed by atoms with Gasteiger partial charge in [-0.1, -0.05) is 12.1 Å². The second-order valence-electron chi connectivity index (χ2n) is 7.58. The summed E-state index contributed by atoms with van der Waals surface area (Å²) in [5.41, 5.74) is 3.64. The summed E-state index contributed by atoms with van der Waals surface area (Å²) in [6.45, 7) is 5.65. The minimum atomic E-state index is -0.878. The first-order valence-corrected chi connectivity index (χ1v) is 9.90. The van der Waals surface area contributed by atoms with Crippen LogP contribution in [0.5, 0.6) is 5.75 Å². The molecular weight excluding hydrogens is 394 g/mol. The van der Waals surface area contributed by atoms with E-state index >= 15 is 0 Å². The van der Waals surface area contributed by atoms with Crippen LogP contribution in [0.2, 0.25) is 0 Å². The Hall–Kier alpha value is -3.80. The number of ether oxygens (including phenoxy) is 1. The largest absolute Gasteiger partial charge is 0.507 e. The zero-order chi connectivity index (χ0) is 22.3. The predicted octanol–water partition coefficient (Wildman–Crippen LogP) is 4.84. The zero-order valence-corrected chi connectivity index (χ0v) is 17.8. The highest BCUT2D eigenvalue weighted by atomic mass is 16.5. The Bertz CT molecular complexity index is 1210. The molecule has 1 N–H and O–H groups in total. The lowest BCUT2D eigenvalue weighted by Gasteiger charge is -2.25. The standard InChI is InChI=1S/C25H23NO5/c1-14-7-5-8-19(16(14)3)26-22(20-9-6-12-31-20)21(24(28)25(26)29)23(27)18-11-10-17(30-4)13-15(18)2/h5-13,22,27H,1-4H3/b23-21-. The monoisotopic (exact) mass is 417 g/mol. The van der Waals surface area contributed by atoms with E-state index in [-0.39, 0.29) is 11.3 Å². The van der Waals surface area contributed by atoms with Crippen LogP contribution < -0.4 is 9.64 Å². The van der Waals surface area contributed by atoms with Gasteiger partial charge in [-0.15, -0.1) is 0 Å². The van der Waals surface area contributed by atoms with Crippen molar-refractivity contribution in [3.63, 3.8) is 0 Å². The molecule has 1 fully saturated rings. The van der Waals surface area contributed by atoms with E-state index < -0.39 is 17.7 Å². The number of carbonyl (C=O) groups is 2. The highest BCUT2D eigenvalue weighted by Gasteiger charge is 2.48. The van der Waals surface area contributed by atoms with Gasteiger partial charge in [-0.05, 0) is 73.9 Å². The average molecular weight is 417 g/mol. The predicted molar refractivity (Wildman–Crippen MR) is 117 cm³/mol. The number of anilines is 1. The summed E-state index contributed by atoms with van der Waals surface area (Å²) in [5.74, 6) is -0.675. The summed E-state index contributed by atoms with van der Waals surface area (Å²) in [7, 11) is 1.56. The molecule has 1 saturated heterocycles. The van der Waals surface area contributed by atoms with Gasteiger partial charge in [-0.2, -0.15) is 0 Å². The first kappa shape index (κ1) is 20.5. The molecule has 1 unspecified atom stereocenters. The van der Waals surface area contributed by atoms with E-state index in [1.807, 2.05) is 26.0 Å². The quantitative estimate of drug-likeness (QED) is 0.373. The number of benzene rings is 2. The van der Waals surface area contributed by atoms with Crippen LogP contribution in [-0.4, -0.2) is 23.9 Å². The number of furan rings is 1. The smallest absolute Gasteiger partial charge is 0.300 e. The molecule has 6 nitrogen and oxygen atoms in total. The van der Waals surface area contributed by atoms with Crippen LogP contribution in [-0.2, 0) is 9.59 Å². The third-order valence-electron chi connectivity index (χ3n) is 5.78. The minimum Gasteiger partial charge on any atom is -0.507 e. The second kappa shape index (κ2) is 7.80. The molecule has 1 aliphatic rings. The molecule has 0 saturated carbocycles. The van der Waals surface area contributed by atoms with Crippen molar-refractivity contribution < 1.29 is 23.8 Å². The van der Waals surface area contributed by atoms with Gasteiger partial charge in [0.05, 0.1) is 18.9 Å². The summed E-state index contributed by atoms with van der Waals surface area (Å²) < 4.78 is 10.8. The van der Waals surface area contributed by atoms with Crippen molar-refractivity contribution in [3.05, 3.63) is 88.4 Å². The average Bonchev–Trinajstić information content (AvgIpc) is 3.37. The first-order chi connectivity index (χ1) is 14.8. The molecule has 158 valence electrons. The lowest BCUT2D eigenvalue weighted by Crippen LogP contribution is -2.30. The van der Waals surface area contributed by atoms with Crippen molar-refractivity contribution in [2.45, 2.75) is 26.8 Å². The Morgan fingerprint density at radius 1 is 1.03 bits per heavy atom. The topological polar surface area (TPSA) is 80.0 Å². The van der Waals surface area contributed by atoms with Crippen LogP contribution in [0, 0.1) is 20.8 Å². The third-order valence-corrected chi connectivity index (χ3v) is 5.78. The van der Waals surface area contributed by atoms with E-state index in [1.54, 1.807) is 50.4 Å². The molecule has 4 rings (SSSR count). The maximum atomic E-state index is 13.2. The van der Waals surface area contributed by atoms with Crippen molar-refractivity contribution in [2.75, 3.05) is 12.0 Å². The Balaban J connectivity index is 1.96. The lowest BCUT2D eigenvalue weighted by atomic mass is 9.96. The summed E-state index contributed by atoms with van der Waals surface area (Å²) in [5, 5.41) is 11.2. The Morgan fingerprint density at radius 3 is 2.45 bits per heavy atom. The molecule has 2 heterocycles. The van der Waals surface area contributed by atoms with Crippen LogP contribution >= 0.6 is 0 Å². The molecule has 1 aromatic heterocycles. The number of nitrogens with zero attached hydrogens (tertiary/aromatic N) is 1. The number of hydrogen-bond donors (Lipinski definition) is 1. The molecule has 2 aromatic carbocycles. The maximum Gasteiger partial charge on any atom is 0.300 e. The second-order valence-corrected chi connectivity index (χ2v) is 7.58. The van der Waals surface area contributed by atoms with E-state index in [9.17, 15) is 14.7 Å². The van der Waals surface area contributed by atoms with Gasteiger partial charge in [0.2, 0.25) is 0 Å². The van der Waals surface area contributed by atoms with E-state index in [0.29, 0.717) is 28.3 Å². The molecule has 31 heavy (non-hydrogen) atoms. The number of carbonyl (C=O) groups excluding carboxylic acids is 2.